The van der Waals surface area contributed by atoms with E-state index >= 15 is 0 Å². The summed E-state index contributed by atoms with van der Waals surface area (Å²) >= 11 is 13.2. The van der Waals surface area contributed by atoms with Crippen molar-refractivity contribution in [2.75, 3.05) is 18.4 Å². The van der Waals surface area contributed by atoms with Crippen molar-refractivity contribution in [2.45, 2.75) is 32.1 Å². The van der Waals surface area contributed by atoms with Crippen LogP contribution in [0.1, 0.15) is 25.3 Å². The molecular weight excluding hydrogens is 505 g/mol. The molecule has 0 radical (unpaired) electrons. The first-order chi connectivity index (χ1) is 15.7. The van der Waals surface area contributed by atoms with Gasteiger partial charge >= 0.3 is 4.87 Å². The van der Waals surface area contributed by atoms with Gasteiger partial charge in [0.15, 0.2) is 0 Å². The average Bonchev–Trinajstić information content (AvgIpc) is 3.09. The fraction of sp³-hybridized carbons (Fsp3) is 0.364. The molecule has 33 heavy (non-hydrogen) atoms. The molecule has 1 aliphatic heterocycles. The quantitative estimate of drug-likeness (QED) is 0.508. The molecule has 11 heteroatoms. The van der Waals surface area contributed by atoms with Gasteiger partial charge in [-0.25, -0.2) is 12.7 Å². The van der Waals surface area contributed by atoms with Crippen LogP contribution in [-0.2, 0) is 27.1 Å². The molecule has 0 spiro atoms. The second-order valence-corrected chi connectivity index (χ2v) is 11.8. The molecule has 0 aliphatic carbocycles. The predicted octanol–water partition coefficient (Wildman–Crippen LogP) is 4.57. The number of benzene rings is 2. The molecule has 1 aromatic heterocycles. The maximum absolute atomic E-state index is 13.0. The summed E-state index contributed by atoms with van der Waals surface area (Å²) in [5.41, 5.74) is 1.89. The average molecular weight is 528 g/mol. The Labute approximate surface area is 206 Å². The zero-order valence-corrected chi connectivity index (χ0v) is 21.0. The zero-order valence-electron chi connectivity index (χ0n) is 17.9. The number of carbonyl (C=O) groups excluding carboxylic acids is 1. The highest BCUT2D eigenvalue weighted by Crippen LogP contribution is 2.27. The number of aromatic nitrogens is 1. The first kappa shape index (κ1) is 24.2. The summed E-state index contributed by atoms with van der Waals surface area (Å²) in [5, 5.41) is 3.62. The molecule has 1 atom stereocenters. The Bertz CT molecular complexity index is 1370. The smallest absolute Gasteiger partial charge is 0.308 e. The van der Waals surface area contributed by atoms with E-state index in [9.17, 15) is 18.0 Å². The fourth-order valence-electron chi connectivity index (χ4n) is 4.02. The van der Waals surface area contributed by atoms with E-state index in [0.29, 0.717) is 47.2 Å². The molecule has 0 saturated carbocycles. The third kappa shape index (κ3) is 5.27. The standard InChI is InChI=1S/C22H23Cl2N3O4S2/c1-2-27-19-8-7-17(11-20(19)32-22(27)29)25-21(28)14-4-3-9-26(12-14)33(30,31)13-15-5-6-16(23)10-18(15)24/h5-8,10-11,14H,2-4,9,12-13H2,1H3,(H,25,28)/t14-/m1/s1. The van der Waals surface area contributed by atoms with Crippen LogP contribution in [0.2, 0.25) is 10.0 Å². The van der Waals surface area contributed by atoms with Crippen molar-refractivity contribution in [3.63, 3.8) is 0 Å². The van der Waals surface area contributed by atoms with E-state index in [2.05, 4.69) is 5.32 Å². The largest absolute Gasteiger partial charge is 0.326 e. The molecule has 2 aromatic carbocycles. The van der Waals surface area contributed by atoms with Gasteiger partial charge in [-0.15, -0.1) is 0 Å². The lowest BCUT2D eigenvalue weighted by Crippen LogP contribution is -2.44. The Kier molecular flexibility index (Phi) is 7.16. The molecule has 0 unspecified atom stereocenters. The summed E-state index contributed by atoms with van der Waals surface area (Å²) in [4.78, 5) is 25.0. The number of nitrogens with one attached hydrogen (secondary N) is 1. The Morgan fingerprint density at radius 3 is 2.73 bits per heavy atom. The number of aryl methyl sites for hydroxylation is 1. The van der Waals surface area contributed by atoms with Gasteiger partial charge in [-0.05, 0) is 55.7 Å². The number of anilines is 1. The normalized spacial score (nSPS) is 17.4. The number of hydrogen-bond acceptors (Lipinski definition) is 5. The summed E-state index contributed by atoms with van der Waals surface area (Å²) in [7, 11) is -3.65. The predicted molar refractivity (Wildman–Crippen MR) is 134 cm³/mol. The van der Waals surface area contributed by atoms with Crippen LogP contribution in [0, 0.1) is 5.92 Å². The van der Waals surface area contributed by atoms with E-state index in [4.69, 9.17) is 23.2 Å². The molecule has 1 N–H and O–H groups in total. The molecule has 1 amide bonds. The number of carbonyl (C=O) groups is 1. The van der Waals surface area contributed by atoms with Gasteiger partial charge in [-0.1, -0.05) is 40.6 Å². The maximum atomic E-state index is 13.0. The highest BCUT2D eigenvalue weighted by atomic mass is 35.5. The zero-order chi connectivity index (χ0) is 23.8. The number of nitrogens with zero attached hydrogens (tertiary/aromatic N) is 2. The monoisotopic (exact) mass is 527 g/mol. The van der Waals surface area contributed by atoms with E-state index < -0.39 is 15.9 Å². The highest BCUT2D eigenvalue weighted by molar-refractivity contribution is 7.88. The van der Waals surface area contributed by atoms with E-state index in [1.807, 2.05) is 13.0 Å². The molecule has 1 fully saturated rings. The number of halogens is 2. The van der Waals surface area contributed by atoms with Crippen molar-refractivity contribution in [3.8, 4) is 0 Å². The van der Waals surface area contributed by atoms with Crippen LogP contribution in [0.3, 0.4) is 0 Å². The minimum absolute atomic E-state index is 0.0371. The first-order valence-electron chi connectivity index (χ1n) is 10.5. The van der Waals surface area contributed by atoms with Gasteiger partial charge < -0.3 is 5.32 Å². The lowest BCUT2D eigenvalue weighted by atomic mass is 9.98. The number of piperidine rings is 1. The highest BCUT2D eigenvalue weighted by Gasteiger charge is 2.33. The molecule has 176 valence electrons. The SMILES string of the molecule is CCn1c(=O)sc2cc(NC(=O)[C@@H]3CCCN(S(=O)(=O)Cc4ccc(Cl)cc4Cl)C3)ccc21. The third-order valence-electron chi connectivity index (χ3n) is 5.75. The van der Waals surface area contributed by atoms with E-state index in [1.54, 1.807) is 28.8 Å². The third-order valence-corrected chi connectivity index (χ3v) is 9.08. The minimum Gasteiger partial charge on any atom is -0.326 e. The molecular formula is C22H23Cl2N3O4S2. The van der Waals surface area contributed by atoms with Crippen molar-refractivity contribution in [1.82, 2.24) is 8.87 Å². The van der Waals surface area contributed by atoms with Gasteiger partial charge in [0.2, 0.25) is 15.9 Å². The number of amides is 1. The van der Waals surface area contributed by atoms with Gasteiger partial charge in [-0.3, -0.25) is 14.2 Å². The van der Waals surface area contributed by atoms with Gasteiger partial charge in [0, 0.05) is 35.4 Å². The number of rotatable bonds is 6. The van der Waals surface area contributed by atoms with Crippen LogP contribution in [0.25, 0.3) is 10.2 Å². The van der Waals surface area contributed by atoms with Crippen molar-refractivity contribution >= 4 is 66.4 Å². The van der Waals surface area contributed by atoms with Crippen LogP contribution < -0.4 is 10.2 Å². The second-order valence-electron chi connectivity index (χ2n) is 7.97. The lowest BCUT2D eigenvalue weighted by molar-refractivity contribution is -0.120. The van der Waals surface area contributed by atoms with Crippen LogP contribution in [0.4, 0.5) is 5.69 Å². The van der Waals surface area contributed by atoms with Crippen LogP contribution in [-0.4, -0.2) is 36.3 Å². The Hall–Kier alpha value is -1.91. The molecule has 0 bridgehead atoms. The molecule has 4 rings (SSSR count). The summed E-state index contributed by atoms with van der Waals surface area (Å²) in [5.74, 6) is -0.952. The van der Waals surface area contributed by atoms with Gasteiger partial charge in [0.05, 0.1) is 21.9 Å². The summed E-state index contributed by atoms with van der Waals surface area (Å²) in [6, 6.07) is 10.1. The van der Waals surface area contributed by atoms with Crippen LogP contribution in [0.5, 0.6) is 0 Å². The Morgan fingerprint density at radius 1 is 1.21 bits per heavy atom. The van der Waals surface area contributed by atoms with Gasteiger partial charge in [0.25, 0.3) is 0 Å². The molecule has 1 aliphatic rings. The number of fused-ring (bicyclic) bond motifs is 1. The molecule has 2 heterocycles. The van der Waals surface area contributed by atoms with Crippen LogP contribution in [0.15, 0.2) is 41.2 Å². The van der Waals surface area contributed by atoms with E-state index in [0.717, 1.165) is 21.6 Å². The maximum Gasteiger partial charge on any atom is 0.308 e. The minimum atomic E-state index is -3.65. The summed E-state index contributed by atoms with van der Waals surface area (Å²) in [6.07, 6.45) is 1.19. The van der Waals surface area contributed by atoms with E-state index in [-0.39, 0.29) is 23.1 Å². The summed E-state index contributed by atoms with van der Waals surface area (Å²) < 4.78 is 29.8. The molecule has 1 saturated heterocycles. The van der Waals surface area contributed by atoms with Crippen molar-refractivity contribution < 1.29 is 13.2 Å². The van der Waals surface area contributed by atoms with Gasteiger partial charge in [-0.2, -0.15) is 0 Å². The topological polar surface area (TPSA) is 88.5 Å². The molecule has 3 aromatic rings. The fourth-order valence-corrected chi connectivity index (χ4v) is 7.21. The second kappa shape index (κ2) is 9.76. The lowest BCUT2D eigenvalue weighted by Gasteiger charge is -2.31. The van der Waals surface area contributed by atoms with Crippen molar-refractivity contribution in [1.29, 1.82) is 0 Å². The number of thiazole rings is 1. The number of sulfonamides is 1. The van der Waals surface area contributed by atoms with Gasteiger partial charge in [0.1, 0.15) is 0 Å². The first-order valence-corrected chi connectivity index (χ1v) is 13.7. The van der Waals surface area contributed by atoms with Crippen molar-refractivity contribution in [3.05, 3.63) is 61.7 Å². The van der Waals surface area contributed by atoms with E-state index in [1.165, 1.54) is 10.4 Å². The van der Waals surface area contributed by atoms with Crippen LogP contribution >= 0.6 is 34.5 Å². The Balaban J connectivity index is 1.46. The Morgan fingerprint density at radius 2 is 2.00 bits per heavy atom. The summed E-state index contributed by atoms with van der Waals surface area (Å²) in [6.45, 7) is 2.97. The molecule has 7 nitrogen and oxygen atoms in total. The van der Waals surface area contributed by atoms with Crippen molar-refractivity contribution in [2.24, 2.45) is 5.92 Å². The number of hydrogen-bond donors (Lipinski definition) is 1.